The van der Waals surface area contributed by atoms with Crippen molar-refractivity contribution < 1.29 is 0 Å². The largest absolute Gasteiger partial charge is 0.371 e. The summed E-state index contributed by atoms with van der Waals surface area (Å²) in [6, 6.07) is 6.09. The van der Waals surface area contributed by atoms with Gasteiger partial charge in [-0.05, 0) is 18.1 Å². The molecule has 0 amide bonds. The Hall–Kier alpha value is -1.51. The van der Waals surface area contributed by atoms with E-state index in [1.807, 2.05) is 24.5 Å². The Bertz CT molecular complexity index is 417. The van der Waals surface area contributed by atoms with Gasteiger partial charge in [0, 0.05) is 18.9 Å². The van der Waals surface area contributed by atoms with Crippen molar-refractivity contribution in [3.63, 3.8) is 0 Å². The maximum absolute atomic E-state index is 4.23. The van der Waals surface area contributed by atoms with Gasteiger partial charge in [-0.2, -0.15) is 0 Å². The summed E-state index contributed by atoms with van der Waals surface area (Å²) < 4.78 is 2.06. The number of nitrogens with zero attached hydrogens (tertiary/aromatic N) is 2. The first-order chi connectivity index (χ1) is 6.77. The summed E-state index contributed by atoms with van der Waals surface area (Å²) in [6.45, 7) is 5.37. The Morgan fingerprint density at radius 3 is 3.07 bits per heavy atom. The highest BCUT2D eigenvalue weighted by Crippen LogP contribution is 2.11. The number of anilines is 1. The zero-order valence-electron chi connectivity index (χ0n) is 8.57. The molecule has 0 unspecified atom stereocenters. The van der Waals surface area contributed by atoms with Crippen LogP contribution in [0.25, 0.3) is 5.65 Å². The van der Waals surface area contributed by atoms with Gasteiger partial charge in [-0.1, -0.05) is 19.9 Å². The van der Waals surface area contributed by atoms with E-state index in [1.165, 1.54) is 0 Å². The van der Waals surface area contributed by atoms with Crippen LogP contribution < -0.4 is 5.32 Å². The van der Waals surface area contributed by atoms with Crippen LogP contribution in [0.2, 0.25) is 0 Å². The molecule has 2 heterocycles. The summed E-state index contributed by atoms with van der Waals surface area (Å²) in [5.74, 6) is 1.75. The van der Waals surface area contributed by atoms with Crippen LogP contribution >= 0.6 is 0 Å². The Kier molecular flexibility index (Phi) is 2.39. The van der Waals surface area contributed by atoms with Crippen molar-refractivity contribution in [2.45, 2.75) is 13.8 Å². The zero-order chi connectivity index (χ0) is 9.97. The van der Waals surface area contributed by atoms with Gasteiger partial charge in [0.15, 0.2) is 0 Å². The molecule has 0 fully saturated rings. The second kappa shape index (κ2) is 3.70. The fourth-order valence-electron chi connectivity index (χ4n) is 1.40. The molecule has 0 radical (unpaired) electrons. The minimum atomic E-state index is 0.647. The highest BCUT2D eigenvalue weighted by molar-refractivity contribution is 5.49. The Morgan fingerprint density at radius 1 is 1.43 bits per heavy atom. The molecule has 0 aliphatic heterocycles. The third-order valence-electron chi connectivity index (χ3n) is 2.12. The van der Waals surface area contributed by atoms with Crippen molar-refractivity contribution in [3.05, 3.63) is 30.6 Å². The lowest BCUT2D eigenvalue weighted by molar-refractivity contribution is 0.686. The van der Waals surface area contributed by atoms with Crippen LogP contribution in [0.5, 0.6) is 0 Å². The van der Waals surface area contributed by atoms with Crippen molar-refractivity contribution >= 4 is 11.5 Å². The molecule has 0 aliphatic carbocycles. The number of hydrogen-bond donors (Lipinski definition) is 1. The van der Waals surface area contributed by atoms with Crippen molar-refractivity contribution in [3.8, 4) is 0 Å². The molecule has 0 aliphatic rings. The van der Waals surface area contributed by atoms with E-state index >= 15 is 0 Å². The highest BCUT2D eigenvalue weighted by Gasteiger charge is 1.99. The predicted molar refractivity (Wildman–Crippen MR) is 58.5 cm³/mol. The average molecular weight is 189 g/mol. The molecule has 0 atom stereocenters. The van der Waals surface area contributed by atoms with Gasteiger partial charge < -0.3 is 5.32 Å². The number of nitrogens with one attached hydrogen (secondary N) is 1. The molecule has 2 rings (SSSR count). The van der Waals surface area contributed by atoms with Gasteiger partial charge in [0.25, 0.3) is 0 Å². The first kappa shape index (κ1) is 9.06. The predicted octanol–water partition coefficient (Wildman–Crippen LogP) is 2.40. The van der Waals surface area contributed by atoms with Crippen LogP contribution in [-0.2, 0) is 0 Å². The molecule has 2 aromatic heterocycles. The van der Waals surface area contributed by atoms with Gasteiger partial charge in [-0.25, -0.2) is 4.98 Å². The quantitative estimate of drug-likeness (QED) is 0.803. The monoisotopic (exact) mass is 189 g/mol. The Morgan fingerprint density at radius 2 is 2.29 bits per heavy atom. The lowest BCUT2D eigenvalue weighted by atomic mass is 10.2. The lowest BCUT2D eigenvalue weighted by Crippen LogP contribution is -2.10. The molecular formula is C11H15N3. The second-order valence-electron chi connectivity index (χ2n) is 3.84. The first-order valence-electron chi connectivity index (χ1n) is 4.93. The van der Waals surface area contributed by atoms with E-state index in [0.717, 1.165) is 18.0 Å². The summed E-state index contributed by atoms with van der Waals surface area (Å²) in [5, 5.41) is 3.40. The third-order valence-corrected chi connectivity index (χ3v) is 2.12. The maximum atomic E-state index is 4.23. The Balaban J connectivity index is 2.27. The Labute approximate surface area is 83.8 Å². The molecule has 0 saturated heterocycles. The molecule has 2 aromatic rings. The van der Waals surface area contributed by atoms with E-state index in [4.69, 9.17) is 0 Å². The van der Waals surface area contributed by atoms with Crippen LogP contribution in [0.15, 0.2) is 30.6 Å². The highest BCUT2D eigenvalue weighted by atomic mass is 15.1. The van der Waals surface area contributed by atoms with E-state index in [9.17, 15) is 0 Å². The zero-order valence-corrected chi connectivity index (χ0v) is 8.57. The molecule has 1 N–H and O–H groups in total. The number of rotatable bonds is 3. The first-order valence-corrected chi connectivity index (χ1v) is 4.93. The van der Waals surface area contributed by atoms with Crippen molar-refractivity contribution in [2.24, 2.45) is 5.92 Å². The smallest absolute Gasteiger partial charge is 0.138 e. The number of imidazole rings is 1. The fourth-order valence-corrected chi connectivity index (χ4v) is 1.40. The standard InChI is InChI=1S/C11H15N3/c1-9(2)8-13-11-5-3-4-10-12-6-7-14(10)11/h3-7,9,13H,8H2,1-2H3. The maximum Gasteiger partial charge on any atom is 0.138 e. The molecule has 74 valence electrons. The molecule has 14 heavy (non-hydrogen) atoms. The van der Waals surface area contributed by atoms with Gasteiger partial charge in [0.05, 0.1) is 0 Å². The molecule has 0 aromatic carbocycles. The van der Waals surface area contributed by atoms with Crippen molar-refractivity contribution in [2.75, 3.05) is 11.9 Å². The van der Waals surface area contributed by atoms with E-state index in [0.29, 0.717) is 5.92 Å². The van der Waals surface area contributed by atoms with Crippen LogP contribution in [0.1, 0.15) is 13.8 Å². The van der Waals surface area contributed by atoms with Crippen LogP contribution in [0, 0.1) is 5.92 Å². The van der Waals surface area contributed by atoms with Crippen LogP contribution in [-0.4, -0.2) is 15.9 Å². The second-order valence-corrected chi connectivity index (χ2v) is 3.84. The van der Waals surface area contributed by atoms with Crippen LogP contribution in [0.4, 0.5) is 5.82 Å². The number of pyridine rings is 1. The van der Waals surface area contributed by atoms with Crippen molar-refractivity contribution in [1.82, 2.24) is 9.38 Å². The lowest BCUT2D eigenvalue weighted by Gasteiger charge is -2.10. The fraction of sp³-hybridized carbons (Fsp3) is 0.364. The molecule has 3 nitrogen and oxygen atoms in total. The SMILES string of the molecule is CC(C)CNc1cccc2nccn12. The molecule has 0 bridgehead atoms. The van der Waals surface area contributed by atoms with E-state index < -0.39 is 0 Å². The van der Waals surface area contributed by atoms with E-state index in [2.05, 4.69) is 34.6 Å². The number of fused-ring (bicyclic) bond motifs is 1. The summed E-state index contributed by atoms with van der Waals surface area (Å²) in [7, 11) is 0. The number of aromatic nitrogens is 2. The van der Waals surface area contributed by atoms with E-state index in [1.54, 1.807) is 0 Å². The summed E-state index contributed by atoms with van der Waals surface area (Å²) >= 11 is 0. The number of hydrogen-bond acceptors (Lipinski definition) is 2. The third kappa shape index (κ3) is 1.71. The van der Waals surface area contributed by atoms with Gasteiger partial charge in [-0.3, -0.25) is 4.40 Å². The minimum absolute atomic E-state index is 0.647. The van der Waals surface area contributed by atoms with Crippen molar-refractivity contribution in [1.29, 1.82) is 0 Å². The van der Waals surface area contributed by atoms with Gasteiger partial charge in [-0.15, -0.1) is 0 Å². The summed E-state index contributed by atoms with van der Waals surface area (Å²) in [6.07, 6.45) is 3.79. The van der Waals surface area contributed by atoms with E-state index in [-0.39, 0.29) is 0 Å². The topological polar surface area (TPSA) is 29.3 Å². The molecular weight excluding hydrogens is 174 g/mol. The molecule has 0 spiro atoms. The van der Waals surface area contributed by atoms with Gasteiger partial charge in [0.2, 0.25) is 0 Å². The minimum Gasteiger partial charge on any atom is -0.371 e. The summed E-state index contributed by atoms with van der Waals surface area (Å²) in [4.78, 5) is 4.23. The average Bonchev–Trinajstić information content (AvgIpc) is 2.62. The molecule has 0 saturated carbocycles. The summed E-state index contributed by atoms with van der Waals surface area (Å²) in [5.41, 5.74) is 0.985. The van der Waals surface area contributed by atoms with Crippen LogP contribution in [0.3, 0.4) is 0 Å². The van der Waals surface area contributed by atoms with Gasteiger partial charge >= 0.3 is 0 Å². The molecule has 3 heteroatoms. The normalized spacial score (nSPS) is 11.1. The van der Waals surface area contributed by atoms with Gasteiger partial charge in [0.1, 0.15) is 11.5 Å².